The normalized spacial score (nSPS) is 12.7. The van der Waals surface area contributed by atoms with Gasteiger partial charge in [-0.1, -0.05) is 50.8 Å². The summed E-state index contributed by atoms with van der Waals surface area (Å²) in [6.45, 7) is 4.15. The molecule has 0 aromatic heterocycles. The average Bonchev–Trinajstić information content (AvgIpc) is 2.44. The number of carbonyl (C=O) groups is 1. The van der Waals surface area contributed by atoms with Gasteiger partial charge < -0.3 is 10.6 Å². The van der Waals surface area contributed by atoms with Crippen LogP contribution in [0.5, 0.6) is 0 Å². The fourth-order valence-electron chi connectivity index (χ4n) is 2.38. The second-order valence-corrected chi connectivity index (χ2v) is 8.22. The number of anilines is 1. The van der Waals surface area contributed by atoms with Crippen LogP contribution in [0, 0.1) is 0 Å². The predicted molar refractivity (Wildman–Crippen MR) is 95.4 cm³/mol. The molecule has 0 spiro atoms. The van der Waals surface area contributed by atoms with Crippen LogP contribution in [0.1, 0.15) is 51.5 Å². The zero-order valence-corrected chi connectivity index (χ0v) is 15.1. The molecule has 1 unspecified atom stereocenters. The van der Waals surface area contributed by atoms with Crippen LogP contribution < -0.4 is 10.6 Å². The minimum Gasteiger partial charge on any atom is -0.335 e. The highest BCUT2D eigenvalue weighted by molar-refractivity contribution is 7.89. The molecular weight excluding hydrogens is 312 g/mol. The Morgan fingerprint density at radius 3 is 2.52 bits per heavy atom. The summed E-state index contributed by atoms with van der Waals surface area (Å²) in [4.78, 5) is 12.1. The number of sulfone groups is 1. The van der Waals surface area contributed by atoms with Gasteiger partial charge in [-0.2, -0.15) is 0 Å². The van der Waals surface area contributed by atoms with Crippen LogP contribution in [0.2, 0.25) is 0 Å². The highest BCUT2D eigenvalue weighted by atomic mass is 32.2. The Morgan fingerprint density at radius 1 is 1.17 bits per heavy atom. The molecule has 2 amide bonds. The molecule has 1 atom stereocenters. The van der Waals surface area contributed by atoms with Crippen molar-refractivity contribution in [2.24, 2.45) is 0 Å². The molecule has 0 aliphatic rings. The van der Waals surface area contributed by atoms with Gasteiger partial charge in [0.15, 0.2) is 9.84 Å². The SMILES string of the molecule is CCCCCCC(C)NC(=O)Nc1ccccc1CS(C)(=O)=O. The van der Waals surface area contributed by atoms with Gasteiger partial charge in [0.2, 0.25) is 0 Å². The Kier molecular flexibility index (Phi) is 8.09. The lowest BCUT2D eigenvalue weighted by molar-refractivity contribution is 0.248. The van der Waals surface area contributed by atoms with E-state index in [1.807, 2.05) is 6.92 Å². The van der Waals surface area contributed by atoms with Crippen LogP contribution in [0.15, 0.2) is 24.3 Å². The Bertz CT molecular complexity index is 600. The van der Waals surface area contributed by atoms with E-state index >= 15 is 0 Å². The summed E-state index contributed by atoms with van der Waals surface area (Å²) in [7, 11) is -3.15. The van der Waals surface area contributed by atoms with Crippen molar-refractivity contribution in [3.63, 3.8) is 0 Å². The lowest BCUT2D eigenvalue weighted by Crippen LogP contribution is -2.36. The molecular formula is C17H28N2O3S. The van der Waals surface area contributed by atoms with Crippen LogP contribution in [0.25, 0.3) is 0 Å². The van der Waals surface area contributed by atoms with Gasteiger partial charge in [-0.3, -0.25) is 0 Å². The molecule has 0 fully saturated rings. The number of unbranched alkanes of at least 4 members (excludes halogenated alkanes) is 3. The van der Waals surface area contributed by atoms with Crippen molar-refractivity contribution in [2.75, 3.05) is 11.6 Å². The highest BCUT2D eigenvalue weighted by Crippen LogP contribution is 2.17. The molecule has 0 saturated carbocycles. The maximum absolute atomic E-state index is 12.1. The molecule has 23 heavy (non-hydrogen) atoms. The van der Waals surface area contributed by atoms with Gasteiger partial charge in [-0.15, -0.1) is 0 Å². The summed E-state index contributed by atoms with van der Waals surface area (Å²) < 4.78 is 22.9. The number of benzene rings is 1. The van der Waals surface area contributed by atoms with Gasteiger partial charge in [0.05, 0.1) is 5.75 Å². The first-order chi connectivity index (χ1) is 10.8. The Hall–Kier alpha value is -1.56. The van der Waals surface area contributed by atoms with Crippen LogP contribution >= 0.6 is 0 Å². The van der Waals surface area contributed by atoms with Gasteiger partial charge in [-0.25, -0.2) is 13.2 Å². The summed E-state index contributed by atoms with van der Waals surface area (Å²) in [6.07, 6.45) is 6.82. The fourth-order valence-corrected chi connectivity index (χ4v) is 3.20. The molecule has 1 aromatic rings. The Labute approximate surface area is 139 Å². The number of urea groups is 1. The molecule has 1 aromatic carbocycles. The molecule has 6 heteroatoms. The first-order valence-electron chi connectivity index (χ1n) is 8.15. The first kappa shape index (κ1) is 19.5. The molecule has 2 N–H and O–H groups in total. The molecule has 0 aliphatic heterocycles. The van der Waals surface area contributed by atoms with E-state index < -0.39 is 9.84 Å². The van der Waals surface area contributed by atoms with Crippen molar-refractivity contribution >= 4 is 21.6 Å². The van der Waals surface area contributed by atoms with Gasteiger partial charge in [0, 0.05) is 18.0 Å². The third kappa shape index (κ3) is 8.59. The van der Waals surface area contributed by atoms with Crippen molar-refractivity contribution < 1.29 is 13.2 Å². The molecule has 5 nitrogen and oxygen atoms in total. The molecule has 0 heterocycles. The van der Waals surface area contributed by atoms with E-state index in [1.165, 1.54) is 25.5 Å². The van der Waals surface area contributed by atoms with Crippen molar-refractivity contribution in [1.82, 2.24) is 5.32 Å². The summed E-state index contributed by atoms with van der Waals surface area (Å²) in [6, 6.07) is 6.76. The largest absolute Gasteiger partial charge is 0.335 e. The Balaban J connectivity index is 2.54. The fraction of sp³-hybridized carbons (Fsp3) is 0.588. The van der Waals surface area contributed by atoms with E-state index in [9.17, 15) is 13.2 Å². The molecule has 0 saturated heterocycles. The number of amides is 2. The summed E-state index contributed by atoms with van der Waals surface area (Å²) in [5.74, 6) is -0.0873. The number of hydrogen-bond acceptors (Lipinski definition) is 3. The predicted octanol–water partition coefficient (Wildman–Crippen LogP) is 3.71. The minimum absolute atomic E-state index is 0.0873. The average molecular weight is 340 g/mol. The summed E-state index contributed by atoms with van der Waals surface area (Å²) in [5.41, 5.74) is 1.13. The first-order valence-corrected chi connectivity index (χ1v) is 10.2. The number of carbonyl (C=O) groups excluding carboxylic acids is 1. The lowest BCUT2D eigenvalue weighted by atomic mass is 10.1. The van der Waals surface area contributed by atoms with Crippen LogP contribution in [-0.2, 0) is 15.6 Å². The second kappa shape index (κ2) is 9.55. The van der Waals surface area contributed by atoms with E-state index in [-0.39, 0.29) is 17.8 Å². The minimum atomic E-state index is -3.15. The van der Waals surface area contributed by atoms with Gasteiger partial charge >= 0.3 is 6.03 Å². The van der Waals surface area contributed by atoms with Crippen LogP contribution in [0.3, 0.4) is 0 Å². The zero-order valence-electron chi connectivity index (χ0n) is 14.3. The number of rotatable bonds is 9. The second-order valence-electron chi connectivity index (χ2n) is 6.08. The van der Waals surface area contributed by atoms with E-state index in [0.717, 1.165) is 12.8 Å². The van der Waals surface area contributed by atoms with E-state index in [1.54, 1.807) is 24.3 Å². The van der Waals surface area contributed by atoms with E-state index in [2.05, 4.69) is 17.6 Å². The summed E-state index contributed by atoms with van der Waals surface area (Å²) >= 11 is 0. The molecule has 0 bridgehead atoms. The maximum Gasteiger partial charge on any atom is 0.319 e. The van der Waals surface area contributed by atoms with Crippen molar-refractivity contribution in [2.45, 2.75) is 57.7 Å². The quantitative estimate of drug-likeness (QED) is 0.673. The maximum atomic E-state index is 12.1. The molecule has 1 rings (SSSR count). The van der Waals surface area contributed by atoms with Crippen LogP contribution in [0.4, 0.5) is 10.5 Å². The van der Waals surface area contributed by atoms with Crippen molar-refractivity contribution in [3.05, 3.63) is 29.8 Å². The topological polar surface area (TPSA) is 75.3 Å². The lowest BCUT2D eigenvalue weighted by Gasteiger charge is -2.16. The monoisotopic (exact) mass is 340 g/mol. The third-order valence-corrected chi connectivity index (χ3v) is 4.39. The number of para-hydroxylation sites is 1. The number of hydrogen-bond donors (Lipinski definition) is 2. The molecule has 0 aliphatic carbocycles. The van der Waals surface area contributed by atoms with Gasteiger partial charge in [0.25, 0.3) is 0 Å². The zero-order chi connectivity index (χ0) is 17.3. The highest BCUT2D eigenvalue weighted by Gasteiger charge is 2.12. The van der Waals surface area contributed by atoms with Gasteiger partial charge in [-0.05, 0) is 25.0 Å². The van der Waals surface area contributed by atoms with Crippen LogP contribution in [-0.4, -0.2) is 26.7 Å². The van der Waals surface area contributed by atoms with Crippen molar-refractivity contribution in [3.8, 4) is 0 Å². The van der Waals surface area contributed by atoms with Gasteiger partial charge in [0.1, 0.15) is 0 Å². The number of nitrogens with one attached hydrogen (secondary N) is 2. The molecule has 130 valence electrons. The molecule has 0 radical (unpaired) electrons. The van der Waals surface area contributed by atoms with Crippen molar-refractivity contribution in [1.29, 1.82) is 0 Å². The van der Waals surface area contributed by atoms with E-state index in [0.29, 0.717) is 11.3 Å². The Morgan fingerprint density at radius 2 is 1.87 bits per heavy atom. The summed E-state index contributed by atoms with van der Waals surface area (Å²) in [5, 5.41) is 5.65. The third-order valence-electron chi connectivity index (χ3n) is 3.55. The standard InChI is InChI=1S/C17H28N2O3S/c1-4-5-6-7-10-14(2)18-17(20)19-16-12-9-8-11-15(16)13-23(3,21)22/h8-9,11-12,14H,4-7,10,13H2,1-3H3,(H2,18,19,20). The smallest absolute Gasteiger partial charge is 0.319 e. The van der Waals surface area contributed by atoms with E-state index in [4.69, 9.17) is 0 Å².